The summed E-state index contributed by atoms with van der Waals surface area (Å²) in [6, 6.07) is 12.5. The molecule has 0 bridgehead atoms. The molecular formula is C20H17N5O4S. The Kier molecular flexibility index (Phi) is 5.66. The fourth-order valence-corrected chi connectivity index (χ4v) is 3.33. The van der Waals surface area contributed by atoms with Crippen LogP contribution in [0.25, 0.3) is 0 Å². The molecule has 2 aromatic carbocycles. The normalized spacial score (nSPS) is 12.2. The monoisotopic (exact) mass is 423 g/mol. The van der Waals surface area contributed by atoms with Crippen molar-refractivity contribution in [1.29, 1.82) is 0 Å². The summed E-state index contributed by atoms with van der Waals surface area (Å²) in [5.74, 6) is 0.687. The molecule has 9 nitrogen and oxygen atoms in total. The molecule has 0 unspecified atom stereocenters. The lowest BCUT2D eigenvalue weighted by atomic mass is 10.1. The minimum Gasteiger partial charge on any atom is -0.454 e. The zero-order chi connectivity index (χ0) is 20.9. The van der Waals surface area contributed by atoms with Crippen LogP contribution in [0.5, 0.6) is 11.5 Å². The van der Waals surface area contributed by atoms with Crippen LogP contribution in [0, 0.1) is 6.92 Å². The smallest absolute Gasteiger partial charge is 0.257 e. The van der Waals surface area contributed by atoms with Crippen LogP contribution in [0.15, 0.2) is 47.6 Å². The molecule has 0 aliphatic carbocycles. The van der Waals surface area contributed by atoms with Crippen LogP contribution in [0.2, 0.25) is 0 Å². The molecule has 30 heavy (non-hydrogen) atoms. The van der Waals surface area contributed by atoms with Crippen molar-refractivity contribution in [1.82, 2.24) is 15.6 Å². The Morgan fingerprint density at radius 3 is 2.77 bits per heavy atom. The highest BCUT2D eigenvalue weighted by Crippen LogP contribution is 2.31. The van der Waals surface area contributed by atoms with E-state index in [4.69, 9.17) is 9.47 Å². The third kappa shape index (κ3) is 4.78. The second-order valence-electron chi connectivity index (χ2n) is 6.40. The van der Waals surface area contributed by atoms with E-state index < -0.39 is 0 Å². The molecule has 10 heteroatoms. The molecule has 3 aromatic rings. The SMILES string of the molecule is Cc1ccc(C(=O)Nc2nnc(CC(=O)NN=Cc3ccc4c(c3)OCO4)s2)cc1. The number of ether oxygens (including phenoxy) is 2. The number of fused-ring (bicyclic) bond motifs is 1. The first-order chi connectivity index (χ1) is 14.6. The van der Waals surface area contributed by atoms with Crippen LogP contribution >= 0.6 is 11.3 Å². The van der Waals surface area contributed by atoms with Gasteiger partial charge in [0.25, 0.3) is 5.91 Å². The Labute approximate surface area is 175 Å². The molecule has 1 aliphatic heterocycles. The summed E-state index contributed by atoms with van der Waals surface area (Å²) < 4.78 is 10.5. The summed E-state index contributed by atoms with van der Waals surface area (Å²) in [6.07, 6.45) is 1.50. The summed E-state index contributed by atoms with van der Waals surface area (Å²) in [4.78, 5) is 24.3. The Morgan fingerprint density at radius 2 is 1.93 bits per heavy atom. The van der Waals surface area contributed by atoms with Crippen LogP contribution in [-0.4, -0.2) is 35.0 Å². The lowest BCUT2D eigenvalue weighted by Crippen LogP contribution is -2.19. The van der Waals surface area contributed by atoms with E-state index >= 15 is 0 Å². The van der Waals surface area contributed by atoms with Crippen molar-refractivity contribution >= 4 is 34.5 Å². The number of hydrogen-bond donors (Lipinski definition) is 2. The zero-order valence-corrected chi connectivity index (χ0v) is 16.7. The minimum absolute atomic E-state index is 0.00342. The number of nitrogens with zero attached hydrogens (tertiary/aromatic N) is 3. The van der Waals surface area contributed by atoms with Gasteiger partial charge in [-0.15, -0.1) is 10.2 Å². The number of aromatic nitrogens is 2. The topological polar surface area (TPSA) is 115 Å². The van der Waals surface area contributed by atoms with E-state index in [1.54, 1.807) is 30.3 Å². The number of hydrogen-bond acceptors (Lipinski definition) is 8. The van der Waals surface area contributed by atoms with E-state index in [0.717, 1.165) is 22.5 Å². The predicted octanol–water partition coefficient (Wildman–Crippen LogP) is 2.52. The number of nitrogens with one attached hydrogen (secondary N) is 2. The molecule has 0 radical (unpaired) electrons. The fourth-order valence-electron chi connectivity index (χ4n) is 2.60. The maximum atomic E-state index is 12.2. The third-order valence-corrected chi connectivity index (χ3v) is 4.95. The molecule has 2 heterocycles. The van der Waals surface area contributed by atoms with Crippen molar-refractivity contribution in [2.75, 3.05) is 12.1 Å². The van der Waals surface area contributed by atoms with Crippen molar-refractivity contribution < 1.29 is 19.1 Å². The van der Waals surface area contributed by atoms with Crippen molar-refractivity contribution in [3.63, 3.8) is 0 Å². The number of amides is 2. The van der Waals surface area contributed by atoms with E-state index in [2.05, 4.69) is 26.0 Å². The maximum absolute atomic E-state index is 12.2. The van der Waals surface area contributed by atoms with Crippen molar-refractivity contribution in [3.8, 4) is 11.5 Å². The number of benzene rings is 2. The molecular weight excluding hydrogens is 406 g/mol. The van der Waals surface area contributed by atoms with Gasteiger partial charge >= 0.3 is 0 Å². The summed E-state index contributed by atoms with van der Waals surface area (Å²) >= 11 is 1.13. The van der Waals surface area contributed by atoms with Crippen molar-refractivity contribution in [2.24, 2.45) is 5.10 Å². The summed E-state index contributed by atoms with van der Waals surface area (Å²) in [5, 5.41) is 15.2. The minimum atomic E-state index is -0.348. The molecule has 0 fully saturated rings. The average molecular weight is 423 g/mol. The lowest BCUT2D eigenvalue weighted by molar-refractivity contribution is -0.120. The molecule has 0 spiro atoms. The Morgan fingerprint density at radius 1 is 1.13 bits per heavy atom. The van der Waals surface area contributed by atoms with E-state index in [0.29, 0.717) is 27.2 Å². The van der Waals surface area contributed by atoms with Gasteiger partial charge in [-0.05, 0) is 42.8 Å². The maximum Gasteiger partial charge on any atom is 0.257 e. The van der Waals surface area contributed by atoms with Gasteiger partial charge in [0.1, 0.15) is 5.01 Å². The molecule has 0 saturated heterocycles. The number of anilines is 1. The number of carbonyl (C=O) groups is 2. The quantitative estimate of drug-likeness (QED) is 0.465. The molecule has 0 saturated carbocycles. The Hall–Kier alpha value is -3.79. The lowest BCUT2D eigenvalue weighted by Gasteiger charge is -2.01. The highest BCUT2D eigenvalue weighted by Gasteiger charge is 2.14. The first-order valence-electron chi connectivity index (χ1n) is 8.99. The molecule has 0 atom stereocenters. The van der Waals surface area contributed by atoms with Gasteiger partial charge in [0.05, 0.1) is 12.6 Å². The van der Waals surface area contributed by atoms with Gasteiger partial charge < -0.3 is 9.47 Å². The van der Waals surface area contributed by atoms with Crippen molar-refractivity contribution in [2.45, 2.75) is 13.3 Å². The van der Waals surface area contributed by atoms with Crippen LogP contribution in [0.1, 0.15) is 26.5 Å². The summed E-state index contributed by atoms with van der Waals surface area (Å²) in [6.45, 7) is 2.14. The van der Waals surface area contributed by atoms with E-state index in [-0.39, 0.29) is 25.0 Å². The van der Waals surface area contributed by atoms with E-state index in [1.807, 2.05) is 19.1 Å². The van der Waals surface area contributed by atoms with Gasteiger partial charge in [-0.2, -0.15) is 5.10 Å². The van der Waals surface area contributed by atoms with Crippen LogP contribution in [0.3, 0.4) is 0 Å². The molecule has 1 aliphatic rings. The molecule has 2 amide bonds. The fraction of sp³-hybridized carbons (Fsp3) is 0.150. The van der Waals surface area contributed by atoms with Gasteiger partial charge in [-0.25, -0.2) is 5.43 Å². The van der Waals surface area contributed by atoms with E-state index in [9.17, 15) is 9.59 Å². The van der Waals surface area contributed by atoms with Crippen LogP contribution in [0.4, 0.5) is 5.13 Å². The third-order valence-electron chi connectivity index (χ3n) is 4.11. The summed E-state index contributed by atoms with van der Waals surface area (Å²) in [5.41, 5.74) is 4.79. The summed E-state index contributed by atoms with van der Waals surface area (Å²) in [7, 11) is 0. The zero-order valence-electron chi connectivity index (χ0n) is 15.9. The van der Waals surface area contributed by atoms with Gasteiger partial charge in [0.15, 0.2) is 11.5 Å². The first kappa shape index (κ1) is 19.5. The van der Waals surface area contributed by atoms with Crippen molar-refractivity contribution in [3.05, 3.63) is 64.2 Å². The van der Waals surface area contributed by atoms with E-state index in [1.165, 1.54) is 6.21 Å². The first-order valence-corrected chi connectivity index (χ1v) is 9.80. The highest BCUT2D eigenvalue weighted by molar-refractivity contribution is 7.15. The van der Waals surface area contributed by atoms with Gasteiger partial charge in [0.2, 0.25) is 17.8 Å². The number of aryl methyl sites for hydroxylation is 1. The van der Waals surface area contributed by atoms with Gasteiger partial charge in [-0.3, -0.25) is 14.9 Å². The molecule has 152 valence electrons. The molecule has 4 rings (SSSR count). The largest absolute Gasteiger partial charge is 0.454 e. The predicted molar refractivity (Wildman–Crippen MR) is 111 cm³/mol. The second-order valence-corrected chi connectivity index (χ2v) is 7.47. The molecule has 1 aromatic heterocycles. The standard InChI is InChI=1S/C20H17N5O4S/c1-12-2-5-14(6-3-12)19(27)22-20-25-24-18(30-20)9-17(26)23-21-10-13-4-7-15-16(8-13)29-11-28-15/h2-8,10H,9,11H2,1H3,(H,23,26)(H,22,25,27). The highest BCUT2D eigenvalue weighted by atomic mass is 32.1. The number of hydrazone groups is 1. The average Bonchev–Trinajstić information content (AvgIpc) is 3.37. The van der Waals surface area contributed by atoms with Crippen LogP contribution < -0.4 is 20.2 Å². The van der Waals surface area contributed by atoms with Crippen LogP contribution in [-0.2, 0) is 11.2 Å². The van der Waals surface area contributed by atoms with Gasteiger partial charge in [0, 0.05) is 5.56 Å². The van der Waals surface area contributed by atoms with Gasteiger partial charge in [-0.1, -0.05) is 29.0 Å². The number of rotatable bonds is 6. The Balaban J connectivity index is 1.28. The molecule has 2 N–H and O–H groups in total. The Bertz CT molecular complexity index is 1110. The second kappa shape index (κ2) is 8.70. The number of carbonyl (C=O) groups excluding carboxylic acids is 2.